The molecule has 2 N–H and O–H groups in total. The van der Waals surface area contributed by atoms with Gasteiger partial charge in [0.25, 0.3) is 5.91 Å². The first-order valence-electron chi connectivity index (χ1n) is 5.48. The zero-order chi connectivity index (χ0) is 11.5. The van der Waals surface area contributed by atoms with Crippen molar-refractivity contribution in [1.29, 1.82) is 0 Å². The minimum Gasteiger partial charge on any atom is -0.338 e. The molecular formula is C12H16ClIN2O. The average Bonchev–Trinajstić information content (AvgIpc) is 2.30. The van der Waals surface area contributed by atoms with Crippen LogP contribution in [-0.2, 0) is 0 Å². The summed E-state index contributed by atoms with van der Waals surface area (Å²) in [5.41, 5.74) is 6.63. The highest BCUT2D eigenvalue weighted by molar-refractivity contribution is 14.1. The average molecular weight is 367 g/mol. The summed E-state index contributed by atoms with van der Waals surface area (Å²) in [6, 6.07) is 7.97. The van der Waals surface area contributed by atoms with Crippen LogP contribution >= 0.6 is 35.0 Å². The van der Waals surface area contributed by atoms with Gasteiger partial charge in [0.05, 0.1) is 5.56 Å². The molecule has 3 nitrogen and oxygen atoms in total. The molecule has 0 atom stereocenters. The SMILES string of the molecule is Cl.NC1CCN(C(=O)c2ccccc2I)CC1. The first kappa shape index (κ1) is 14.7. The van der Waals surface area contributed by atoms with E-state index in [0.29, 0.717) is 0 Å². The Morgan fingerprint density at radius 1 is 1.29 bits per heavy atom. The number of halogens is 2. The van der Waals surface area contributed by atoms with Crippen LogP contribution in [-0.4, -0.2) is 29.9 Å². The first-order chi connectivity index (χ1) is 7.68. The molecule has 0 aliphatic carbocycles. The molecule has 0 saturated carbocycles. The van der Waals surface area contributed by atoms with Gasteiger partial charge in [0.2, 0.25) is 0 Å². The van der Waals surface area contributed by atoms with Crippen molar-refractivity contribution in [2.24, 2.45) is 5.73 Å². The molecule has 1 heterocycles. The van der Waals surface area contributed by atoms with Crippen molar-refractivity contribution in [2.75, 3.05) is 13.1 Å². The van der Waals surface area contributed by atoms with Gasteiger partial charge >= 0.3 is 0 Å². The van der Waals surface area contributed by atoms with Crippen LogP contribution in [0.2, 0.25) is 0 Å². The highest BCUT2D eigenvalue weighted by Gasteiger charge is 2.22. The van der Waals surface area contributed by atoms with Crippen LogP contribution in [0.4, 0.5) is 0 Å². The second-order valence-electron chi connectivity index (χ2n) is 4.11. The van der Waals surface area contributed by atoms with Crippen LogP contribution in [0.5, 0.6) is 0 Å². The number of piperidine rings is 1. The Bertz CT molecular complexity index is 392. The fraction of sp³-hybridized carbons (Fsp3) is 0.417. The number of carbonyl (C=O) groups is 1. The molecule has 5 heteroatoms. The Labute approximate surface area is 121 Å². The topological polar surface area (TPSA) is 46.3 Å². The van der Waals surface area contributed by atoms with Gasteiger partial charge in [-0.1, -0.05) is 12.1 Å². The van der Waals surface area contributed by atoms with Crippen LogP contribution in [0, 0.1) is 3.57 Å². The fourth-order valence-corrected chi connectivity index (χ4v) is 2.53. The lowest BCUT2D eigenvalue weighted by Crippen LogP contribution is -2.43. The van der Waals surface area contributed by atoms with E-state index >= 15 is 0 Å². The highest BCUT2D eigenvalue weighted by Crippen LogP contribution is 2.17. The van der Waals surface area contributed by atoms with Crippen molar-refractivity contribution in [3.8, 4) is 0 Å². The van der Waals surface area contributed by atoms with Crippen LogP contribution in [0.25, 0.3) is 0 Å². The molecule has 1 fully saturated rings. The third-order valence-corrected chi connectivity index (χ3v) is 3.87. The van der Waals surface area contributed by atoms with Crippen LogP contribution in [0.3, 0.4) is 0 Å². The van der Waals surface area contributed by atoms with Crippen LogP contribution in [0.15, 0.2) is 24.3 Å². The minimum atomic E-state index is 0. The maximum atomic E-state index is 12.2. The fourth-order valence-electron chi connectivity index (χ4n) is 1.91. The molecule has 1 saturated heterocycles. The van der Waals surface area contributed by atoms with E-state index < -0.39 is 0 Å². The molecule has 1 aromatic carbocycles. The van der Waals surface area contributed by atoms with E-state index in [1.54, 1.807) is 0 Å². The van der Waals surface area contributed by atoms with Crippen LogP contribution < -0.4 is 5.73 Å². The number of rotatable bonds is 1. The number of likely N-dealkylation sites (tertiary alicyclic amines) is 1. The third kappa shape index (κ3) is 3.56. The molecule has 0 radical (unpaired) electrons. The third-order valence-electron chi connectivity index (χ3n) is 2.93. The van der Waals surface area contributed by atoms with Gasteiger partial charge in [0.1, 0.15) is 0 Å². The zero-order valence-electron chi connectivity index (χ0n) is 9.43. The molecular weight excluding hydrogens is 351 g/mol. The summed E-state index contributed by atoms with van der Waals surface area (Å²) in [7, 11) is 0. The number of carbonyl (C=O) groups excluding carboxylic acids is 1. The molecule has 1 aromatic rings. The first-order valence-corrected chi connectivity index (χ1v) is 6.56. The van der Waals surface area contributed by atoms with Gasteiger partial charge in [-0.2, -0.15) is 0 Å². The van der Waals surface area contributed by atoms with Crippen molar-refractivity contribution >= 4 is 40.9 Å². The predicted molar refractivity (Wildman–Crippen MR) is 79.5 cm³/mol. The maximum Gasteiger partial charge on any atom is 0.254 e. The number of hydrogen-bond donors (Lipinski definition) is 1. The summed E-state index contributed by atoms with van der Waals surface area (Å²) < 4.78 is 1.01. The molecule has 1 aliphatic rings. The van der Waals surface area contributed by atoms with Gasteiger partial charge in [0.15, 0.2) is 0 Å². The van der Waals surface area contributed by atoms with E-state index in [9.17, 15) is 4.79 Å². The summed E-state index contributed by atoms with van der Waals surface area (Å²) in [6.45, 7) is 1.57. The van der Waals surface area contributed by atoms with E-state index in [4.69, 9.17) is 5.73 Å². The number of amides is 1. The summed E-state index contributed by atoms with van der Waals surface area (Å²) in [6.07, 6.45) is 1.82. The van der Waals surface area contributed by atoms with E-state index in [1.807, 2.05) is 29.2 Å². The largest absolute Gasteiger partial charge is 0.338 e. The Balaban J connectivity index is 0.00000144. The summed E-state index contributed by atoms with van der Waals surface area (Å²) in [4.78, 5) is 14.1. The lowest BCUT2D eigenvalue weighted by Gasteiger charge is -2.30. The van der Waals surface area contributed by atoms with Gasteiger partial charge < -0.3 is 10.6 Å². The molecule has 0 unspecified atom stereocenters. The van der Waals surface area contributed by atoms with Crippen LogP contribution in [0.1, 0.15) is 23.2 Å². The lowest BCUT2D eigenvalue weighted by molar-refractivity contribution is 0.0713. The van der Waals surface area contributed by atoms with E-state index in [1.165, 1.54) is 0 Å². The Morgan fingerprint density at radius 2 is 1.88 bits per heavy atom. The van der Waals surface area contributed by atoms with E-state index in [0.717, 1.165) is 35.1 Å². The smallest absolute Gasteiger partial charge is 0.254 e. The number of benzene rings is 1. The van der Waals surface area contributed by atoms with Gasteiger partial charge in [-0.3, -0.25) is 4.79 Å². The van der Waals surface area contributed by atoms with Gasteiger partial charge in [-0.05, 0) is 47.6 Å². The molecule has 0 aromatic heterocycles. The highest BCUT2D eigenvalue weighted by atomic mass is 127. The molecule has 0 bridgehead atoms. The zero-order valence-corrected chi connectivity index (χ0v) is 12.4. The molecule has 1 amide bonds. The van der Waals surface area contributed by atoms with Crippen molar-refractivity contribution < 1.29 is 4.79 Å². The Morgan fingerprint density at radius 3 is 2.47 bits per heavy atom. The number of nitrogens with zero attached hydrogens (tertiary/aromatic N) is 1. The number of nitrogens with two attached hydrogens (primary N) is 1. The summed E-state index contributed by atoms with van der Waals surface area (Å²) in [5.74, 6) is 0.136. The van der Waals surface area contributed by atoms with Gasteiger partial charge in [0, 0.05) is 22.7 Å². The van der Waals surface area contributed by atoms with E-state index in [2.05, 4.69) is 22.6 Å². The second-order valence-corrected chi connectivity index (χ2v) is 5.27. The van der Waals surface area contributed by atoms with Crippen molar-refractivity contribution in [3.63, 3.8) is 0 Å². The Hall–Kier alpha value is -0.330. The Kier molecular flexibility index (Phi) is 5.69. The van der Waals surface area contributed by atoms with Crippen molar-refractivity contribution in [1.82, 2.24) is 4.90 Å². The predicted octanol–water partition coefficient (Wildman–Crippen LogP) is 2.28. The summed E-state index contributed by atoms with van der Waals surface area (Å²) >= 11 is 2.20. The van der Waals surface area contributed by atoms with Crippen molar-refractivity contribution in [3.05, 3.63) is 33.4 Å². The number of hydrogen-bond acceptors (Lipinski definition) is 2. The molecule has 0 spiro atoms. The molecule has 17 heavy (non-hydrogen) atoms. The summed E-state index contributed by atoms with van der Waals surface area (Å²) in [5, 5.41) is 0. The minimum absolute atomic E-state index is 0. The molecule has 1 aliphatic heterocycles. The normalized spacial score (nSPS) is 16.5. The van der Waals surface area contributed by atoms with Gasteiger partial charge in [-0.25, -0.2) is 0 Å². The molecule has 94 valence electrons. The van der Waals surface area contributed by atoms with Crippen molar-refractivity contribution in [2.45, 2.75) is 18.9 Å². The molecule has 2 rings (SSSR count). The standard InChI is InChI=1S/C12H15IN2O.ClH/c13-11-4-2-1-3-10(11)12(16)15-7-5-9(14)6-8-15;/h1-4,9H,5-8,14H2;1H. The van der Waals surface area contributed by atoms with E-state index in [-0.39, 0.29) is 24.4 Å². The second kappa shape index (κ2) is 6.56. The lowest BCUT2D eigenvalue weighted by atomic mass is 10.1. The quantitative estimate of drug-likeness (QED) is 0.775. The van der Waals surface area contributed by atoms with Gasteiger partial charge in [-0.15, -0.1) is 12.4 Å². The maximum absolute atomic E-state index is 12.2. The monoisotopic (exact) mass is 366 g/mol.